The van der Waals surface area contributed by atoms with E-state index < -0.39 is 4.75 Å². The third-order valence-corrected chi connectivity index (χ3v) is 1.86. The molecule has 1 atom stereocenters. The van der Waals surface area contributed by atoms with E-state index in [4.69, 9.17) is 4.74 Å². The molecule has 0 aromatic heterocycles. The highest BCUT2D eigenvalue weighted by molar-refractivity contribution is 7.82. The fourth-order valence-corrected chi connectivity index (χ4v) is 1.16. The van der Waals surface area contributed by atoms with Crippen LogP contribution in [0.4, 0.5) is 0 Å². The van der Waals surface area contributed by atoms with Crippen LogP contribution in [0.1, 0.15) is 33.6 Å². The van der Waals surface area contributed by atoms with Gasteiger partial charge in [0.05, 0.1) is 6.61 Å². The van der Waals surface area contributed by atoms with Gasteiger partial charge in [-0.2, -0.15) is 12.6 Å². The Kier molecular flexibility index (Phi) is 4.57. The quantitative estimate of drug-likeness (QED) is 0.524. The standard InChI is InChI=1S/C8H16O2S/c1-4-6-8(3,11)7(9)10-5-2/h11H,4-6H2,1-3H3/t8-/m1/s1. The second-order valence-corrected chi connectivity index (χ2v) is 3.73. The number of hydrogen-bond donors (Lipinski definition) is 1. The second-order valence-electron chi connectivity index (χ2n) is 2.74. The molecule has 0 saturated carbocycles. The van der Waals surface area contributed by atoms with Crippen molar-refractivity contribution >= 4 is 18.6 Å². The van der Waals surface area contributed by atoms with E-state index in [-0.39, 0.29) is 5.97 Å². The largest absolute Gasteiger partial charge is 0.465 e. The summed E-state index contributed by atoms with van der Waals surface area (Å²) >= 11 is 4.22. The van der Waals surface area contributed by atoms with Crippen molar-refractivity contribution in [1.29, 1.82) is 0 Å². The molecule has 0 aliphatic rings. The zero-order valence-electron chi connectivity index (χ0n) is 7.39. The zero-order chi connectivity index (χ0) is 8.91. The van der Waals surface area contributed by atoms with Crippen LogP contribution in [-0.4, -0.2) is 17.3 Å². The normalized spacial score (nSPS) is 15.6. The first kappa shape index (κ1) is 10.8. The summed E-state index contributed by atoms with van der Waals surface area (Å²) in [7, 11) is 0. The Labute approximate surface area is 73.7 Å². The molecule has 2 nitrogen and oxygen atoms in total. The molecule has 0 N–H and O–H groups in total. The number of ether oxygens (including phenoxy) is 1. The van der Waals surface area contributed by atoms with E-state index >= 15 is 0 Å². The molecule has 3 heteroatoms. The highest BCUT2D eigenvalue weighted by atomic mass is 32.1. The Morgan fingerprint density at radius 2 is 2.09 bits per heavy atom. The lowest BCUT2D eigenvalue weighted by Crippen LogP contribution is -2.30. The van der Waals surface area contributed by atoms with Crippen molar-refractivity contribution in [3.63, 3.8) is 0 Å². The average Bonchev–Trinajstić information content (AvgIpc) is 1.88. The van der Waals surface area contributed by atoms with Gasteiger partial charge in [-0.1, -0.05) is 13.3 Å². The van der Waals surface area contributed by atoms with E-state index in [1.165, 1.54) is 0 Å². The minimum atomic E-state index is -0.606. The summed E-state index contributed by atoms with van der Waals surface area (Å²) in [4.78, 5) is 11.2. The first-order chi connectivity index (χ1) is 5.04. The van der Waals surface area contributed by atoms with Crippen molar-refractivity contribution in [1.82, 2.24) is 0 Å². The maximum absolute atomic E-state index is 11.2. The molecule has 0 aromatic rings. The second kappa shape index (κ2) is 4.65. The van der Waals surface area contributed by atoms with Crippen molar-refractivity contribution in [2.75, 3.05) is 6.61 Å². The number of carbonyl (C=O) groups is 1. The molecule has 0 heterocycles. The van der Waals surface area contributed by atoms with Crippen molar-refractivity contribution in [3.05, 3.63) is 0 Å². The predicted molar refractivity (Wildman–Crippen MR) is 48.9 cm³/mol. The first-order valence-corrected chi connectivity index (χ1v) is 4.39. The highest BCUT2D eigenvalue weighted by Gasteiger charge is 2.28. The van der Waals surface area contributed by atoms with Crippen LogP contribution in [0.3, 0.4) is 0 Å². The van der Waals surface area contributed by atoms with Gasteiger partial charge in [-0.15, -0.1) is 0 Å². The molecule has 11 heavy (non-hydrogen) atoms. The van der Waals surface area contributed by atoms with Gasteiger partial charge < -0.3 is 4.74 Å². The topological polar surface area (TPSA) is 26.3 Å². The molecule has 0 amide bonds. The number of hydrogen-bond acceptors (Lipinski definition) is 3. The molecule has 0 aliphatic carbocycles. The Balaban J connectivity index is 3.94. The van der Waals surface area contributed by atoms with E-state index in [1.54, 1.807) is 13.8 Å². The number of carbonyl (C=O) groups excluding carboxylic acids is 1. The molecule has 0 bridgehead atoms. The molecular weight excluding hydrogens is 160 g/mol. The first-order valence-electron chi connectivity index (χ1n) is 3.94. The predicted octanol–water partition coefficient (Wildman–Crippen LogP) is 2.04. The zero-order valence-corrected chi connectivity index (χ0v) is 8.28. The minimum Gasteiger partial charge on any atom is -0.465 e. The van der Waals surface area contributed by atoms with Gasteiger partial charge in [0, 0.05) is 0 Å². The van der Waals surface area contributed by atoms with Crippen LogP contribution in [0.5, 0.6) is 0 Å². The van der Waals surface area contributed by atoms with Crippen LogP contribution < -0.4 is 0 Å². The van der Waals surface area contributed by atoms with Crippen molar-refractivity contribution in [3.8, 4) is 0 Å². The summed E-state index contributed by atoms with van der Waals surface area (Å²) in [5.74, 6) is -0.217. The molecule has 0 saturated heterocycles. The molecule has 66 valence electrons. The average molecular weight is 176 g/mol. The highest BCUT2D eigenvalue weighted by Crippen LogP contribution is 2.21. The van der Waals surface area contributed by atoms with E-state index in [9.17, 15) is 4.79 Å². The van der Waals surface area contributed by atoms with Gasteiger partial charge in [-0.05, 0) is 20.3 Å². The van der Waals surface area contributed by atoms with Crippen molar-refractivity contribution in [2.45, 2.75) is 38.4 Å². The fraction of sp³-hybridized carbons (Fsp3) is 0.875. The SMILES string of the molecule is CCC[C@@](C)(S)C(=O)OCC. The maximum atomic E-state index is 11.2. The lowest BCUT2D eigenvalue weighted by atomic mass is 10.1. The number of esters is 1. The molecule has 0 rings (SSSR count). The fourth-order valence-electron chi connectivity index (χ4n) is 0.875. The molecule has 0 fully saturated rings. The Bertz CT molecular complexity index is 132. The lowest BCUT2D eigenvalue weighted by Gasteiger charge is -2.19. The van der Waals surface area contributed by atoms with Crippen LogP contribution in [0.2, 0.25) is 0 Å². The summed E-state index contributed by atoms with van der Waals surface area (Å²) in [5.41, 5.74) is 0. The number of thiol groups is 1. The monoisotopic (exact) mass is 176 g/mol. The van der Waals surface area contributed by atoms with Crippen LogP contribution in [-0.2, 0) is 9.53 Å². The smallest absolute Gasteiger partial charge is 0.321 e. The van der Waals surface area contributed by atoms with Crippen LogP contribution in [0.25, 0.3) is 0 Å². The van der Waals surface area contributed by atoms with E-state index in [2.05, 4.69) is 12.6 Å². The van der Waals surface area contributed by atoms with Gasteiger partial charge >= 0.3 is 5.97 Å². The molecule has 0 aliphatic heterocycles. The van der Waals surface area contributed by atoms with Gasteiger partial charge in [0.15, 0.2) is 0 Å². The summed E-state index contributed by atoms with van der Waals surface area (Å²) in [5, 5.41) is 0. The van der Waals surface area contributed by atoms with E-state index in [0.717, 1.165) is 12.8 Å². The third-order valence-electron chi connectivity index (χ3n) is 1.45. The Morgan fingerprint density at radius 3 is 2.45 bits per heavy atom. The van der Waals surface area contributed by atoms with Gasteiger partial charge in [0.25, 0.3) is 0 Å². The van der Waals surface area contributed by atoms with Gasteiger partial charge in [0.2, 0.25) is 0 Å². The number of rotatable bonds is 4. The summed E-state index contributed by atoms with van der Waals surface area (Å²) in [6.07, 6.45) is 1.70. The molecule has 0 aromatic carbocycles. The third kappa shape index (κ3) is 3.65. The van der Waals surface area contributed by atoms with E-state index in [0.29, 0.717) is 6.61 Å². The molecule has 0 radical (unpaired) electrons. The Hall–Kier alpha value is -0.180. The van der Waals surface area contributed by atoms with Crippen molar-refractivity contribution < 1.29 is 9.53 Å². The van der Waals surface area contributed by atoms with Gasteiger partial charge in [-0.25, -0.2) is 0 Å². The van der Waals surface area contributed by atoms with Gasteiger partial charge in [-0.3, -0.25) is 4.79 Å². The van der Waals surface area contributed by atoms with Crippen LogP contribution in [0.15, 0.2) is 0 Å². The summed E-state index contributed by atoms with van der Waals surface area (Å²) in [6.45, 7) is 6.04. The minimum absolute atomic E-state index is 0.217. The van der Waals surface area contributed by atoms with Gasteiger partial charge in [0.1, 0.15) is 4.75 Å². The van der Waals surface area contributed by atoms with Crippen molar-refractivity contribution in [2.24, 2.45) is 0 Å². The lowest BCUT2D eigenvalue weighted by molar-refractivity contribution is -0.145. The molecular formula is C8H16O2S. The van der Waals surface area contributed by atoms with E-state index in [1.807, 2.05) is 6.92 Å². The summed E-state index contributed by atoms with van der Waals surface area (Å²) < 4.78 is 4.24. The maximum Gasteiger partial charge on any atom is 0.321 e. The summed E-state index contributed by atoms with van der Waals surface area (Å²) in [6, 6.07) is 0. The Morgan fingerprint density at radius 1 is 1.55 bits per heavy atom. The molecule has 0 spiro atoms. The molecule has 0 unspecified atom stereocenters. The van der Waals surface area contributed by atoms with Crippen LogP contribution in [0, 0.1) is 0 Å². The van der Waals surface area contributed by atoms with Crippen LogP contribution >= 0.6 is 12.6 Å².